The third-order valence-corrected chi connectivity index (χ3v) is 6.83. The van der Waals surface area contributed by atoms with Gasteiger partial charge in [-0.2, -0.15) is 0 Å². The molecule has 1 rings (SSSR count). The van der Waals surface area contributed by atoms with Crippen LogP contribution in [0, 0.1) is 5.92 Å². The van der Waals surface area contributed by atoms with Gasteiger partial charge in [-0.15, -0.1) is 13.2 Å². The average molecular weight is 532 g/mol. The van der Waals surface area contributed by atoms with Crippen molar-refractivity contribution in [3.8, 4) is 0 Å². The van der Waals surface area contributed by atoms with E-state index in [1.807, 2.05) is 6.20 Å². The number of nitrogens with one attached hydrogen (secondary N) is 1. The summed E-state index contributed by atoms with van der Waals surface area (Å²) in [6.45, 7) is 32.5. The van der Waals surface area contributed by atoms with Crippen LogP contribution in [0.15, 0.2) is 53.3 Å². The van der Waals surface area contributed by atoms with E-state index in [1.54, 1.807) is 0 Å². The second-order valence-electron chi connectivity index (χ2n) is 10.0. The predicted octanol–water partition coefficient (Wildman–Crippen LogP) is 10.9. The Bertz CT molecular complexity index is 613. The van der Waals surface area contributed by atoms with Crippen molar-refractivity contribution >= 4 is 5.71 Å². The topological polar surface area (TPSA) is 27.6 Å². The van der Waals surface area contributed by atoms with Crippen LogP contribution in [0.1, 0.15) is 140 Å². The van der Waals surface area contributed by atoms with Gasteiger partial charge in [0.1, 0.15) is 0 Å². The van der Waals surface area contributed by atoms with Gasteiger partial charge in [0.15, 0.2) is 0 Å². The van der Waals surface area contributed by atoms with Gasteiger partial charge in [0, 0.05) is 49.4 Å². The van der Waals surface area contributed by atoms with Crippen LogP contribution < -0.4 is 5.32 Å². The highest BCUT2D eigenvalue weighted by molar-refractivity contribution is 6.03. The van der Waals surface area contributed by atoms with Gasteiger partial charge in [-0.3, -0.25) is 4.99 Å². The molecule has 1 aliphatic heterocycles. The molecule has 0 amide bonds. The maximum Gasteiger partial charge on any atom is 0.0464 e. The summed E-state index contributed by atoms with van der Waals surface area (Å²) >= 11 is 0. The molecule has 0 aliphatic carbocycles. The standard InChI is InChI=1S/C20H35N3.C7H16.C6H14.C2H4/c1-7-10-11-22-17(5)20(19(9-3)16(4)8-2)18(6)23-14-12-21-13-15-23;1-3-5-7-6-4-2;1-3-5-6-4-2;1-2/h9-11,16,21H,7-8,12-15H2,1-6H3;3-7H2,1-2H3;3-6H2,1-2H3;1-2H2/b11-10+,19-9-,20-18-,22-17+;;;. The lowest BCUT2D eigenvalue weighted by molar-refractivity contribution is 0.298. The number of allylic oxidation sites excluding steroid dienone is 5. The molecule has 0 aromatic rings. The van der Waals surface area contributed by atoms with E-state index in [0.717, 1.165) is 44.7 Å². The molecule has 0 aromatic carbocycles. The highest BCUT2D eigenvalue weighted by atomic mass is 15.2. The maximum atomic E-state index is 4.71. The van der Waals surface area contributed by atoms with E-state index in [9.17, 15) is 0 Å². The molecular formula is C35H69N3. The van der Waals surface area contributed by atoms with Crippen molar-refractivity contribution in [1.29, 1.82) is 0 Å². The van der Waals surface area contributed by atoms with Crippen molar-refractivity contribution in [2.45, 2.75) is 140 Å². The number of hydrogen-bond donors (Lipinski definition) is 1. The van der Waals surface area contributed by atoms with Crippen molar-refractivity contribution in [1.82, 2.24) is 10.2 Å². The minimum Gasteiger partial charge on any atom is -0.372 e. The van der Waals surface area contributed by atoms with Gasteiger partial charge in [-0.1, -0.05) is 118 Å². The number of piperazine rings is 1. The number of rotatable bonds is 14. The van der Waals surface area contributed by atoms with Crippen LogP contribution in [0.2, 0.25) is 0 Å². The SMILES string of the molecule is C=C.CCCCCC.CCCCCCC.C\C=C(C(/C(C)=N/C=C/CC)=C(/C)N1CCNCC1)\C(C)CC. The van der Waals surface area contributed by atoms with Crippen molar-refractivity contribution in [3.05, 3.63) is 48.4 Å². The highest BCUT2D eigenvalue weighted by Crippen LogP contribution is 2.28. The molecule has 0 radical (unpaired) electrons. The molecule has 1 atom stereocenters. The van der Waals surface area contributed by atoms with Gasteiger partial charge in [-0.05, 0) is 45.1 Å². The molecule has 1 saturated heterocycles. The lowest BCUT2D eigenvalue weighted by atomic mass is 9.87. The van der Waals surface area contributed by atoms with Crippen LogP contribution in [0.25, 0.3) is 0 Å². The van der Waals surface area contributed by atoms with Gasteiger partial charge in [0.05, 0.1) is 0 Å². The summed E-state index contributed by atoms with van der Waals surface area (Å²) in [4.78, 5) is 7.21. The number of aliphatic imine (C=N–C) groups is 1. The molecule has 0 aromatic heterocycles. The normalized spacial score (nSPS) is 15.4. The minimum atomic E-state index is 0.549. The summed E-state index contributed by atoms with van der Waals surface area (Å²) in [6, 6.07) is 0. The fourth-order valence-electron chi connectivity index (χ4n) is 4.24. The maximum absolute atomic E-state index is 4.71. The van der Waals surface area contributed by atoms with E-state index in [2.05, 4.69) is 105 Å². The van der Waals surface area contributed by atoms with Crippen molar-refractivity contribution in [2.75, 3.05) is 26.2 Å². The Hall–Kier alpha value is -1.61. The first-order valence-corrected chi connectivity index (χ1v) is 15.9. The first-order valence-electron chi connectivity index (χ1n) is 15.9. The molecule has 3 heteroatoms. The third kappa shape index (κ3) is 21.3. The molecule has 1 aliphatic rings. The van der Waals surface area contributed by atoms with E-state index in [4.69, 9.17) is 4.99 Å². The highest BCUT2D eigenvalue weighted by Gasteiger charge is 2.20. The summed E-state index contributed by atoms with van der Waals surface area (Å²) in [5.41, 5.74) is 5.25. The molecule has 1 fully saturated rings. The van der Waals surface area contributed by atoms with Crippen molar-refractivity contribution in [2.24, 2.45) is 10.9 Å². The smallest absolute Gasteiger partial charge is 0.0464 e. The molecule has 3 nitrogen and oxygen atoms in total. The Morgan fingerprint density at radius 2 is 1.32 bits per heavy atom. The number of hydrogen-bond acceptors (Lipinski definition) is 3. The van der Waals surface area contributed by atoms with Crippen LogP contribution in [0.4, 0.5) is 0 Å². The van der Waals surface area contributed by atoms with Crippen molar-refractivity contribution < 1.29 is 0 Å². The molecule has 224 valence electrons. The summed E-state index contributed by atoms with van der Waals surface area (Å²) in [6.07, 6.45) is 21.1. The van der Waals surface area contributed by atoms with Gasteiger partial charge >= 0.3 is 0 Å². The first-order chi connectivity index (χ1) is 18.4. The first kappa shape index (κ1) is 40.9. The van der Waals surface area contributed by atoms with E-state index in [1.165, 1.54) is 74.6 Å². The van der Waals surface area contributed by atoms with E-state index in [-0.39, 0.29) is 0 Å². The molecule has 0 bridgehead atoms. The summed E-state index contributed by atoms with van der Waals surface area (Å²) in [5, 5.41) is 3.44. The van der Waals surface area contributed by atoms with Gasteiger partial charge < -0.3 is 10.2 Å². The van der Waals surface area contributed by atoms with Gasteiger partial charge in [0.25, 0.3) is 0 Å². The largest absolute Gasteiger partial charge is 0.372 e. The van der Waals surface area contributed by atoms with Crippen LogP contribution in [-0.4, -0.2) is 36.8 Å². The fraction of sp³-hybridized carbons (Fsp3) is 0.743. The molecular weight excluding hydrogens is 462 g/mol. The second kappa shape index (κ2) is 31.6. The number of nitrogens with zero attached hydrogens (tertiary/aromatic N) is 2. The summed E-state index contributed by atoms with van der Waals surface area (Å²) in [5.74, 6) is 0.549. The monoisotopic (exact) mass is 532 g/mol. The number of unbranched alkanes of at least 4 members (excludes halogenated alkanes) is 7. The third-order valence-electron chi connectivity index (χ3n) is 6.83. The molecule has 0 spiro atoms. The Morgan fingerprint density at radius 3 is 1.71 bits per heavy atom. The van der Waals surface area contributed by atoms with E-state index in [0.29, 0.717) is 5.92 Å². The quantitative estimate of drug-likeness (QED) is 0.104. The van der Waals surface area contributed by atoms with Crippen molar-refractivity contribution in [3.63, 3.8) is 0 Å². The van der Waals surface area contributed by atoms with Crippen LogP contribution in [0.5, 0.6) is 0 Å². The predicted molar refractivity (Wildman–Crippen MR) is 178 cm³/mol. The Morgan fingerprint density at radius 1 is 0.842 bits per heavy atom. The van der Waals surface area contributed by atoms with E-state index < -0.39 is 0 Å². The van der Waals surface area contributed by atoms with Crippen LogP contribution >= 0.6 is 0 Å². The van der Waals surface area contributed by atoms with Gasteiger partial charge in [-0.25, -0.2) is 0 Å². The van der Waals surface area contributed by atoms with Crippen LogP contribution in [0.3, 0.4) is 0 Å². The molecule has 1 unspecified atom stereocenters. The zero-order valence-electron chi connectivity index (χ0n) is 27.7. The van der Waals surface area contributed by atoms with Gasteiger partial charge in [0.2, 0.25) is 0 Å². The summed E-state index contributed by atoms with van der Waals surface area (Å²) < 4.78 is 0. The molecule has 0 saturated carbocycles. The fourth-order valence-corrected chi connectivity index (χ4v) is 4.24. The minimum absolute atomic E-state index is 0.549. The Labute approximate surface area is 241 Å². The lowest BCUT2D eigenvalue weighted by Gasteiger charge is -2.33. The molecule has 38 heavy (non-hydrogen) atoms. The summed E-state index contributed by atoms with van der Waals surface area (Å²) in [7, 11) is 0. The second-order valence-corrected chi connectivity index (χ2v) is 10.0. The lowest BCUT2D eigenvalue weighted by Crippen LogP contribution is -2.43. The Balaban J connectivity index is -0.000000669. The Kier molecular flexibility index (Phi) is 34.0. The molecule has 1 heterocycles. The van der Waals surface area contributed by atoms with Crippen LogP contribution in [-0.2, 0) is 0 Å². The molecule has 1 N–H and O–H groups in total. The van der Waals surface area contributed by atoms with E-state index >= 15 is 0 Å². The average Bonchev–Trinajstić information content (AvgIpc) is 2.96. The zero-order valence-corrected chi connectivity index (χ0v) is 27.7. The zero-order chi connectivity index (χ0) is 29.6.